The Hall–Kier alpha value is -2.67. The van der Waals surface area contributed by atoms with Gasteiger partial charge in [-0.25, -0.2) is 0 Å². The van der Waals surface area contributed by atoms with E-state index in [-0.39, 0.29) is 12.1 Å². The Morgan fingerprint density at radius 3 is 2.33 bits per heavy atom. The molecule has 1 fully saturated rings. The number of thiocarbonyl (C=S) groups is 1. The van der Waals surface area contributed by atoms with Crippen LogP contribution < -0.4 is 10.2 Å². The molecule has 0 amide bonds. The number of aryl methyl sites for hydroxylation is 1. The summed E-state index contributed by atoms with van der Waals surface area (Å²) in [5.41, 5.74) is 6.59. The zero-order chi connectivity index (χ0) is 23.1. The van der Waals surface area contributed by atoms with Gasteiger partial charge < -0.3 is 14.8 Å². The van der Waals surface area contributed by atoms with E-state index in [4.69, 9.17) is 23.8 Å². The number of anilines is 1. The molecule has 0 bridgehead atoms. The molecule has 1 N–H and O–H groups in total. The van der Waals surface area contributed by atoms with Gasteiger partial charge in [0, 0.05) is 38.5 Å². The predicted molar refractivity (Wildman–Crippen MR) is 142 cm³/mol. The van der Waals surface area contributed by atoms with Crippen molar-refractivity contribution in [1.82, 2.24) is 14.9 Å². The standard InChI is InChI=1S/C26H22BrClN4S/c1-16-15-22(17(2)31(16)20-12-8-19(28)9-13-20)25-24(23-5-3-4-14-29-23)30-26(33)32(25)21-10-6-18(27)7-11-21/h3-15,24-25H,1-2H3,(H,30,33)/t24-,25+/m0/s1. The molecule has 2 aromatic heterocycles. The molecule has 0 radical (unpaired) electrons. The van der Waals surface area contributed by atoms with Gasteiger partial charge in [-0.15, -0.1) is 0 Å². The highest BCUT2D eigenvalue weighted by Crippen LogP contribution is 2.43. The van der Waals surface area contributed by atoms with Crippen molar-refractivity contribution < 1.29 is 0 Å². The Bertz CT molecular complexity index is 1300. The maximum atomic E-state index is 6.14. The molecular weight excluding hydrogens is 516 g/mol. The molecule has 0 aliphatic carbocycles. The Morgan fingerprint density at radius 2 is 1.67 bits per heavy atom. The SMILES string of the molecule is Cc1cc([C@@H]2[C@H](c3ccccn3)NC(=S)N2c2ccc(Br)cc2)c(C)n1-c1ccc(Cl)cc1. The average molecular weight is 538 g/mol. The number of hydrogen-bond acceptors (Lipinski definition) is 2. The molecule has 1 saturated heterocycles. The summed E-state index contributed by atoms with van der Waals surface area (Å²) >= 11 is 15.5. The molecule has 0 saturated carbocycles. The normalized spacial score (nSPS) is 17.9. The van der Waals surface area contributed by atoms with Gasteiger partial charge in [0.25, 0.3) is 0 Å². The quantitative estimate of drug-likeness (QED) is 0.282. The number of rotatable bonds is 4. The molecule has 0 unspecified atom stereocenters. The summed E-state index contributed by atoms with van der Waals surface area (Å²) in [6.07, 6.45) is 1.83. The number of pyridine rings is 1. The highest BCUT2D eigenvalue weighted by molar-refractivity contribution is 9.10. The summed E-state index contributed by atoms with van der Waals surface area (Å²) in [6.45, 7) is 4.29. The lowest BCUT2D eigenvalue weighted by Gasteiger charge is -2.28. The van der Waals surface area contributed by atoms with Crippen LogP contribution >= 0.6 is 39.7 Å². The van der Waals surface area contributed by atoms with E-state index in [1.807, 2.05) is 54.7 Å². The van der Waals surface area contributed by atoms with Gasteiger partial charge in [0.1, 0.15) is 0 Å². The lowest BCUT2D eigenvalue weighted by Crippen LogP contribution is -2.29. The van der Waals surface area contributed by atoms with E-state index >= 15 is 0 Å². The van der Waals surface area contributed by atoms with Crippen molar-refractivity contribution in [3.63, 3.8) is 0 Å². The van der Waals surface area contributed by atoms with Crippen LogP contribution in [0.3, 0.4) is 0 Å². The fourth-order valence-electron chi connectivity index (χ4n) is 4.63. The lowest BCUT2D eigenvalue weighted by molar-refractivity contribution is 0.565. The van der Waals surface area contributed by atoms with E-state index in [1.165, 1.54) is 5.56 Å². The van der Waals surface area contributed by atoms with Crippen LogP contribution in [0.2, 0.25) is 5.02 Å². The zero-order valence-electron chi connectivity index (χ0n) is 18.2. The zero-order valence-corrected chi connectivity index (χ0v) is 21.3. The van der Waals surface area contributed by atoms with E-state index in [0.717, 1.165) is 38.0 Å². The first kappa shape index (κ1) is 22.1. The Morgan fingerprint density at radius 1 is 0.970 bits per heavy atom. The van der Waals surface area contributed by atoms with Gasteiger partial charge in [0.15, 0.2) is 5.11 Å². The molecule has 1 aliphatic rings. The van der Waals surface area contributed by atoms with Crippen LogP contribution in [-0.4, -0.2) is 14.7 Å². The van der Waals surface area contributed by atoms with Gasteiger partial charge in [-0.3, -0.25) is 4.98 Å². The van der Waals surface area contributed by atoms with Crippen LogP contribution in [0.4, 0.5) is 5.69 Å². The fraction of sp³-hybridized carbons (Fsp3) is 0.154. The number of aromatic nitrogens is 2. The number of halogens is 2. The van der Waals surface area contributed by atoms with Gasteiger partial charge in [0.05, 0.1) is 17.8 Å². The third-order valence-electron chi connectivity index (χ3n) is 6.08. The number of benzene rings is 2. The lowest BCUT2D eigenvalue weighted by atomic mass is 9.96. The largest absolute Gasteiger partial charge is 0.351 e. The average Bonchev–Trinajstić information content (AvgIpc) is 3.31. The third kappa shape index (κ3) is 4.07. The topological polar surface area (TPSA) is 33.1 Å². The molecule has 0 spiro atoms. The van der Waals surface area contributed by atoms with Crippen molar-refractivity contribution in [2.75, 3.05) is 4.90 Å². The smallest absolute Gasteiger partial charge is 0.174 e. The summed E-state index contributed by atoms with van der Waals surface area (Å²) in [4.78, 5) is 6.87. The van der Waals surface area contributed by atoms with Crippen LogP contribution in [0.5, 0.6) is 0 Å². The first-order valence-corrected chi connectivity index (χ1v) is 12.2. The first-order valence-electron chi connectivity index (χ1n) is 10.6. The second-order valence-corrected chi connectivity index (χ2v) is 9.85. The summed E-state index contributed by atoms with van der Waals surface area (Å²) < 4.78 is 3.30. The number of nitrogens with zero attached hydrogens (tertiary/aromatic N) is 3. The predicted octanol–water partition coefficient (Wildman–Crippen LogP) is 7.08. The highest BCUT2D eigenvalue weighted by Gasteiger charge is 2.42. The molecule has 1 aliphatic heterocycles. The molecule has 33 heavy (non-hydrogen) atoms. The van der Waals surface area contributed by atoms with E-state index in [2.05, 4.69) is 73.8 Å². The molecule has 2 atom stereocenters. The molecular formula is C26H22BrClN4S. The molecule has 2 aromatic carbocycles. The minimum absolute atomic E-state index is 0.0548. The number of nitrogens with one attached hydrogen (secondary N) is 1. The van der Waals surface area contributed by atoms with E-state index in [0.29, 0.717) is 5.11 Å². The van der Waals surface area contributed by atoms with Crippen LogP contribution in [0, 0.1) is 13.8 Å². The summed E-state index contributed by atoms with van der Waals surface area (Å²) in [6, 6.07) is 24.3. The molecule has 3 heterocycles. The van der Waals surface area contributed by atoms with Crippen LogP contribution in [-0.2, 0) is 0 Å². The third-order valence-corrected chi connectivity index (χ3v) is 7.17. The van der Waals surface area contributed by atoms with Crippen molar-refractivity contribution in [3.05, 3.63) is 111 Å². The van der Waals surface area contributed by atoms with Gasteiger partial charge in [-0.2, -0.15) is 0 Å². The van der Waals surface area contributed by atoms with Gasteiger partial charge in [0.2, 0.25) is 0 Å². The second kappa shape index (κ2) is 8.93. The van der Waals surface area contributed by atoms with E-state index < -0.39 is 0 Å². The highest BCUT2D eigenvalue weighted by atomic mass is 79.9. The van der Waals surface area contributed by atoms with Crippen molar-refractivity contribution in [3.8, 4) is 5.69 Å². The summed E-state index contributed by atoms with van der Waals surface area (Å²) in [5.74, 6) is 0. The second-order valence-electron chi connectivity index (χ2n) is 8.11. The summed E-state index contributed by atoms with van der Waals surface area (Å²) in [7, 11) is 0. The molecule has 4 aromatic rings. The van der Waals surface area contributed by atoms with E-state index in [1.54, 1.807) is 0 Å². The Labute approximate surface area is 212 Å². The first-order chi connectivity index (χ1) is 15.9. The minimum atomic E-state index is -0.0819. The van der Waals surface area contributed by atoms with Gasteiger partial charge in [-0.1, -0.05) is 33.6 Å². The van der Waals surface area contributed by atoms with Crippen molar-refractivity contribution >= 4 is 50.5 Å². The minimum Gasteiger partial charge on any atom is -0.351 e. The van der Waals surface area contributed by atoms with E-state index in [9.17, 15) is 0 Å². The Kier molecular flexibility index (Phi) is 5.99. The molecule has 4 nitrogen and oxygen atoms in total. The van der Waals surface area contributed by atoms with Crippen LogP contribution in [0.25, 0.3) is 5.69 Å². The van der Waals surface area contributed by atoms with Crippen LogP contribution in [0.1, 0.15) is 34.7 Å². The molecule has 5 rings (SSSR count). The molecule has 7 heteroatoms. The Balaban J connectivity index is 1.67. The maximum absolute atomic E-state index is 6.14. The molecule has 166 valence electrons. The summed E-state index contributed by atoms with van der Waals surface area (Å²) in [5, 5.41) is 4.96. The van der Waals surface area contributed by atoms with Gasteiger partial charge >= 0.3 is 0 Å². The fourth-order valence-corrected chi connectivity index (χ4v) is 5.36. The van der Waals surface area contributed by atoms with Crippen molar-refractivity contribution in [2.45, 2.75) is 25.9 Å². The van der Waals surface area contributed by atoms with Crippen molar-refractivity contribution in [1.29, 1.82) is 0 Å². The van der Waals surface area contributed by atoms with Gasteiger partial charge in [-0.05, 0) is 98.4 Å². The maximum Gasteiger partial charge on any atom is 0.174 e. The monoisotopic (exact) mass is 536 g/mol. The number of hydrogen-bond donors (Lipinski definition) is 1. The van der Waals surface area contributed by atoms with Crippen LogP contribution in [0.15, 0.2) is 83.5 Å². The van der Waals surface area contributed by atoms with Crippen molar-refractivity contribution in [2.24, 2.45) is 0 Å².